The lowest BCUT2D eigenvalue weighted by Gasteiger charge is -2.21. The maximum atomic E-state index is 9.31. The molecular formula is C9H14O. The topological polar surface area (TPSA) is 20.2 Å². The van der Waals surface area contributed by atoms with Gasteiger partial charge in [-0.25, -0.2) is 0 Å². The van der Waals surface area contributed by atoms with E-state index >= 15 is 0 Å². The molecular weight excluding hydrogens is 124 g/mol. The van der Waals surface area contributed by atoms with E-state index in [2.05, 4.69) is 6.08 Å². The summed E-state index contributed by atoms with van der Waals surface area (Å²) in [5.41, 5.74) is 1.63. The van der Waals surface area contributed by atoms with Crippen molar-refractivity contribution in [1.82, 2.24) is 0 Å². The van der Waals surface area contributed by atoms with Gasteiger partial charge in [0, 0.05) is 0 Å². The maximum absolute atomic E-state index is 9.31. The Balaban J connectivity index is 2.12. The fourth-order valence-corrected chi connectivity index (χ4v) is 2.19. The van der Waals surface area contributed by atoms with Gasteiger partial charge in [0.1, 0.15) is 0 Å². The summed E-state index contributed by atoms with van der Waals surface area (Å²) in [5.74, 6) is 0.753. The second kappa shape index (κ2) is 2.39. The second-order valence-electron chi connectivity index (χ2n) is 3.49. The van der Waals surface area contributed by atoms with Gasteiger partial charge >= 0.3 is 0 Å². The Labute approximate surface area is 61.8 Å². The highest BCUT2D eigenvalue weighted by atomic mass is 16.3. The van der Waals surface area contributed by atoms with Gasteiger partial charge in [0.05, 0.1) is 6.10 Å². The minimum Gasteiger partial charge on any atom is -0.393 e. The van der Waals surface area contributed by atoms with Gasteiger partial charge in [-0.3, -0.25) is 0 Å². The summed E-state index contributed by atoms with van der Waals surface area (Å²) >= 11 is 0. The molecule has 2 rings (SSSR count). The largest absolute Gasteiger partial charge is 0.393 e. The van der Waals surface area contributed by atoms with Crippen molar-refractivity contribution >= 4 is 0 Å². The van der Waals surface area contributed by atoms with Crippen LogP contribution in [0.15, 0.2) is 11.6 Å². The van der Waals surface area contributed by atoms with E-state index in [0.29, 0.717) is 0 Å². The Bertz CT molecular complexity index is 160. The van der Waals surface area contributed by atoms with Crippen LogP contribution >= 0.6 is 0 Å². The summed E-state index contributed by atoms with van der Waals surface area (Å²) in [7, 11) is 0. The lowest BCUT2D eigenvalue weighted by Crippen LogP contribution is -2.16. The van der Waals surface area contributed by atoms with Crippen LogP contribution in [-0.4, -0.2) is 11.2 Å². The third kappa shape index (κ3) is 0.988. The second-order valence-corrected chi connectivity index (χ2v) is 3.49. The molecule has 0 aromatic heterocycles. The molecule has 10 heavy (non-hydrogen) atoms. The first-order chi connectivity index (χ1) is 4.86. The molecule has 2 unspecified atom stereocenters. The van der Waals surface area contributed by atoms with Gasteiger partial charge < -0.3 is 5.11 Å². The summed E-state index contributed by atoms with van der Waals surface area (Å²) in [6, 6.07) is 0. The van der Waals surface area contributed by atoms with Crippen LogP contribution < -0.4 is 0 Å². The average Bonchev–Trinajstić information content (AvgIpc) is 2.33. The predicted octanol–water partition coefficient (Wildman–Crippen LogP) is 1.87. The van der Waals surface area contributed by atoms with Gasteiger partial charge in [0.15, 0.2) is 0 Å². The highest BCUT2D eigenvalue weighted by Crippen LogP contribution is 2.37. The first-order valence-electron chi connectivity index (χ1n) is 4.23. The molecule has 1 fully saturated rings. The van der Waals surface area contributed by atoms with Crippen LogP contribution in [0, 0.1) is 5.92 Å². The van der Waals surface area contributed by atoms with Crippen LogP contribution in [0.5, 0.6) is 0 Å². The van der Waals surface area contributed by atoms with Crippen molar-refractivity contribution in [1.29, 1.82) is 0 Å². The van der Waals surface area contributed by atoms with Crippen LogP contribution in [0.1, 0.15) is 32.1 Å². The molecule has 0 radical (unpaired) electrons. The molecule has 56 valence electrons. The summed E-state index contributed by atoms with van der Waals surface area (Å²) in [5, 5.41) is 9.31. The van der Waals surface area contributed by atoms with Crippen molar-refractivity contribution < 1.29 is 5.11 Å². The van der Waals surface area contributed by atoms with E-state index in [1.165, 1.54) is 19.3 Å². The number of aliphatic hydroxyl groups excluding tert-OH is 1. The Kier molecular flexibility index (Phi) is 1.53. The van der Waals surface area contributed by atoms with Gasteiger partial charge in [0.2, 0.25) is 0 Å². The zero-order valence-corrected chi connectivity index (χ0v) is 6.21. The van der Waals surface area contributed by atoms with Gasteiger partial charge in [-0.05, 0) is 38.0 Å². The molecule has 0 saturated heterocycles. The van der Waals surface area contributed by atoms with E-state index in [1.807, 2.05) is 0 Å². The monoisotopic (exact) mass is 138 g/mol. The molecule has 1 nitrogen and oxygen atoms in total. The number of hydrogen-bond acceptors (Lipinski definition) is 1. The van der Waals surface area contributed by atoms with Crippen molar-refractivity contribution in [2.24, 2.45) is 5.92 Å². The SMILES string of the molecule is OC1CC=C2CCCC2C1. The van der Waals surface area contributed by atoms with Gasteiger partial charge in [-0.2, -0.15) is 0 Å². The Morgan fingerprint density at radius 1 is 1.50 bits per heavy atom. The molecule has 0 amide bonds. The number of fused-ring (bicyclic) bond motifs is 1. The highest BCUT2D eigenvalue weighted by molar-refractivity contribution is 5.15. The van der Waals surface area contributed by atoms with E-state index < -0.39 is 0 Å². The van der Waals surface area contributed by atoms with Crippen molar-refractivity contribution in [3.63, 3.8) is 0 Å². The fraction of sp³-hybridized carbons (Fsp3) is 0.778. The van der Waals surface area contributed by atoms with Gasteiger partial charge in [-0.15, -0.1) is 0 Å². The Morgan fingerprint density at radius 3 is 3.30 bits per heavy atom. The average molecular weight is 138 g/mol. The van der Waals surface area contributed by atoms with Crippen molar-refractivity contribution in [2.75, 3.05) is 0 Å². The van der Waals surface area contributed by atoms with E-state index in [4.69, 9.17) is 0 Å². The van der Waals surface area contributed by atoms with Gasteiger partial charge in [-0.1, -0.05) is 11.6 Å². The summed E-state index contributed by atoms with van der Waals surface area (Å²) < 4.78 is 0. The normalized spacial score (nSPS) is 39.1. The lowest BCUT2D eigenvalue weighted by molar-refractivity contribution is 0.145. The predicted molar refractivity (Wildman–Crippen MR) is 40.7 cm³/mol. The van der Waals surface area contributed by atoms with E-state index in [1.54, 1.807) is 5.57 Å². The zero-order chi connectivity index (χ0) is 6.97. The molecule has 1 saturated carbocycles. The highest BCUT2D eigenvalue weighted by Gasteiger charge is 2.26. The molecule has 0 heterocycles. The molecule has 2 aliphatic carbocycles. The summed E-state index contributed by atoms with van der Waals surface area (Å²) in [6.45, 7) is 0. The molecule has 0 bridgehead atoms. The summed E-state index contributed by atoms with van der Waals surface area (Å²) in [4.78, 5) is 0. The van der Waals surface area contributed by atoms with E-state index in [-0.39, 0.29) is 6.10 Å². The zero-order valence-electron chi connectivity index (χ0n) is 6.21. The smallest absolute Gasteiger partial charge is 0.0580 e. The van der Waals surface area contributed by atoms with E-state index in [0.717, 1.165) is 18.8 Å². The fourth-order valence-electron chi connectivity index (χ4n) is 2.19. The first-order valence-corrected chi connectivity index (χ1v) is 4.23. The lowest BCUT2D eigenvalue weighted by atomic mass is 9.88. The minimum atomic E-state index is -0.0353. The van der Waals surface area contributed by atoms with Gasteiger partial charge in [0.25, 0.3) is 0 Å². The molecule has 0 aromatic rings. The number of rotatable bonds is 0. The third-order valence-electron chi connectivity index (χ3n) is 2.75. The van der Waals surface area contributed by atoms with Crippen LogP contribution in [-0.2, 0) is 0 Å². The molecule has 1 N–H and O–H groups in total. The van der Waals surface area contributed by atoms with Crippen molar-refractivity contribution in [3.8, 4) is 0 Å². The molecule has 2 aliphatic rings. The maximum Gasteiger partial charge on any atom is 0.0580 e. The van der Waals surface area contributed by atoms with Crippen LogP contribution in [0.4, 0.5) is 0 Å². The van der Waals surface area contributed by atoms with Crippen LogP contribution in [0.25, 0.3) is 0 Å². The van der Waals surface area contributed by atoms with Crippen molar-refractivity contribution in [2.45, 2.75) is 38.2 Å². The standard InChI is InChI=1S/C9H14O/c10-9-5-4-7-2-1-3-8(7)6-9/h4,8-10H,1-3,5-6H2. The third-order valence-corrected chi connectivity index (χ3v) is 2.75. The molecule has 0 aromatic carbocycles. The molecule has 0 spiro atoms. The quantitative estimate of drug-likeness (QED) is 0.507. The molecule has 0 aliphatic heterocycles. The first kappa shape index (κ1) is 6.41. The summed E-state index contributed by atoms with van der Waals surface area (Å²) in [6.07, 6.45) is 8.14. The Hall–Kier alpha value is -0.300. The van der Waals surface area contributed by atoms with E-state index in [9.17, 15) is 5.11 Å². The minimum absolute atomic E-state index is 0.0353. The van der Waals surface area contributed by atoms with Crippen LogP contribution in [0.3, 0.4) is 0 Å². The Morgan fingerprint density at radius 2 is 2.40 bits per heavy atom. The van der Waals surface area contributed by atoms with Crippen molar-refractivity contribution in [3.05, 3.63) is 11.6 Å². The van der Waals surface area contributed by atoms with Crippen LogP contribution in [0.2, 0.25) is 0 Å². The molecule has 1 heteroatoms. The molecule has 2 atom stereocenters. The number of aliphatic hydroxyl groups is 1. The number of allylic oxidation sites excluding steroid dienone is 1. The number of hydrogen-bond donors (Lipinski definition) is 1.